The summed E-state index contributed by atoms with van der Waals surface area (Å²) in [6.45, 7) is 0.963. The van der Waals surface area contributed by atoms with Crippen molar-refractivity contribution in [2.45, 2.75) is 13.1 Å². The second-order valence-corrected chi connectivity index (χ2v) is 6.01. The van der Waals surface area contributed by atoms with E-state index >= 15 is 0 Å². The third kappa shape index (κ3) is 4.36. The molecule has 0 aromatic heterocycles. The maximum absolute atomic E-state index is 13.0. The van der Waals surface area contributed by atoms with Crippen LogP contribution in [0.15, 0.2) is 84.9 Å². The van der Waals surface area contributed by atoms with Crippen LogP contribution in [0, 0.1) is 0 Å². The van der Waals surface area contributed by atoms with Gasteiger partial charge in [0.1, 0.15) is 0 Å². The van der Waals surface area contributed by atoms with Crippen LogP contribution in [0.1, 0.15) is 31.8 Å². The van der Waals surface area contributed by atoms with Crippen molar-refractivity contribution in [3.8, 4) is 0 Å². The van der Waals surface area contributed by atoms with Gasteiger partial charge in [-0.15, -0.1) is 0 Å². The Morgan fingerprint density at radius 3 is 1.50 bits per heavy atom. The molecule has 3 rings (SSSR count). The first kappa shape index (κ1) is 17.4. The highest BCUT2D eigenvalue weighted by Gasteiger charge is 2.17. The van der Waals surface area contributed by atoms with Gasteiger partial charge in [0.2, 0.25) is 0 Å². The van der Waals surface area contributed by atoms with E-state index in [0.29, 0.717) is 18.7 Å². The van der Waals surface area contributed by atoms with Gasteiger partial charge in [0, 0.05) is 18.7 Å². The monoisotopic (exact) mass is 345 g/mol. The number of hydrogen-bond donors (Lipinski definition) is 1. The van der Waals surface area contributed by atoms with Crippen LogP contribution in [-0.2, 0) is 13.1 Å². The molecule has 3 aromatic carbocycles. The second kappa shape index (κ2) is 8.12. The molecule has 0 bridgehead atoms. The molecule has 0 fully saturated rings. The van der Waals surface area contributed by atoms with Gasteiger partial charge in [-0.2, -0.15) is 0 Å². The molecule has 0 aliphatic carbocycles. The van der Waals surface area contributed by atoms with E-state index in [0.717, 1.165) is 11.1 Å². The molecule has 4 nitrogen and oxygen atoms in total. The van der Waals surface area contributed by atoms with Gasteiger partial charge < -0.3 is 10.0 Å². The number of carboxylic acids is 1. The highest BCUT2D eigenvalue weighted by Crippen LogP contribution is 2.15. The lowest BCUT2D eigenvalue weighted by Crippen LogP contribution is -2.30. The van der Waals surface area contributed by atoms with Crippen LogP contribution in [0.3, 0.4) is 0 Å². The molecule has 1 amide bonds. The molecule has 4 heteroatoms. The maximum Gasteiger partial charge on any atom is 0.335 e. The summed E-state index contributed by atoms with van der Waals surface area (Å²) in [7, 11) is 0. The third-order valence-corrected chi connectivity index (χ3v) is 4.10. The van der Waals surface area contributed by atoms with Crippen molar-refractivity contribution < 1.29 is 14.7 Å². The van der Waals surface area contributed by atoms with Gasteiger partial charge in [0.25, 0.3) is 5.91 Å². The fourth-order valence-electron chi connectivity index (χ4n) is 2.75. The Kier molecular flexibility index (Phi) is 5.44. The number of carboxylic acid groups (broad SMARTS) is 1. The normalized spacial score (nSPS) is 10.3. The van der Waals surface area contributed by atoms with Crippen LogP contribution in [0.4, 0.5) is 0 Å². The van der Waals surface area contributed by atoms with E-state index < -0.39 is 5.97 Å². The molecular weight excluding hydrogens is 326 g/mol. The van der Waals surface area contributed by atoms with Crippen LogP contribution in [0.25, 0.3) is 0 Å². The van der Waals surface area contributed by atoms with Crippen LogP contribution in [0.2, 0.25) is 0 Å². The van der Waals surface area contributed by atoms with Crippen molar-refractivity contribution >= 4 is 11.9 Å². The molecule has 0 saturated carbocycles. The number of carbonyl (C=O) groups excluding carboxylic acids is 1. The molecule has 26 heavy (non-hydrogen) atoms. The van der Waals surface area contributed by atoms with Gasteiger partial charge >= 0.3 is 5.97 Å². The number of aromatic carboxylic acids is 1. The molecule has 0 radical (unpaired) electrons. The Bertz CT molecular complexity index is 833. The summed E-state index contributed by atoms with van der Waals surface area (Å²) in [6.07, 6.45) is 0. The molecule has 0 unspecified atom stereocenters. The third-order valence-electron chi connectivity index (χ3n) is 4.10. The first-order valence-corrected chi connectivity index (χ1v) is 8.34. The minimum Gasteiger partial charge on any atom is -0.478 e. The lowest BCUT2D eigenvalue weighted by atomic mass is 10.1. The van der Waals surface area contributed by atoms with Gasteiger partial charge in [-0.25, -0.2) is 4.79 Å². The summed E-state index contributed by atoms with van der Waals surface area (Å²) in [4.78, 5) is 25.8. The zero-order valence-electron chi connectivity index (χ0n) is 14.2. The summed E-state index contributed by atoms with van der Waals surface area (Å²) >= 11 is 0. The summed E-state index contributed by atoms with van der Waals surface area (Å²) in [5.74, 6) is -1.14. The van der Waals surface area contributed by atoms with Crippen molar-refractivity contribution in [3.63, 3.8) is 0 Å². The minimum atomic E-state index is -1.01. The minimum absolute atomic E-state index is 0.130. The highest BCUT2D eigenvalue weighted by molar-refractivity contribution is 5.95. The van der Waals surface area contributed by atoms with E-state index in [-0.39, 0.29) is 11.5 Å². The van der Waals surface area contributed by atoms with Crippen LogP contribution in [0.5, 0.6) is 0 Å². The fraction of sp³-hybridized carbons (Fsp3) is 0.0909. The standard InChI is InChI=1S/C22H19NO3/c24-21(19-11-13-20(14-12-19)22(25)26)23(15-17-7-3-1-4-8-17)16-18-9-5-2-6-10-18/h1-14H,15-16H2,(H,25,26). The van der Waals surface area contributed by atoms with Gasteiger partial charge in [-0.1, -0.05) is 60.7 Å². The van der Waals surface area contributed by atoms with Crippen molar-refractivity contribution in [1.29, 1.82) is 0 Å². The van der Waals surface area contributed by atoms with Gasteiger partial charge in [-0.3, -0.25) is 4.79 Å². The predicted octanol–water partition coefficient (Wildman–Crippen LogP) is 4.23. The molecule has 130 valence electrons. The first-order chi connectivity index (χ1) is 12.6. The molecular formula is C22H19NO3. The Hall–Kier alpha value is -3.40. The SMILES string of the molecule is O=C(O)c1ccc(C(=O)N(Cc2ccccc2)Cc2ccccc2)cc1. The van der Waals surface area contributed by atoms with E-state index in [1.807, 2.05) is 60.7 Å². The van der Waals surface area contributed by atoms with Crippen LogP contribution >= 0.6 is 0 Å². The topological polar surface area (TPSA) is 57.6 Å². The Balaban J connectivity index is 1.85. The molecule has 0 spiro atoms. The quantitative estimate of drug-likeness (QED) is 0.727. The van der Waals surface area contributed by atoms with Gasteiger partial charge in [0.15, 0.2) is 0 Å². The predicted molar refractivity (Wildman–Crippen MR) is 99.9 cm³/mol. The molecule has 1 N–H and O–H groups in total. The maximum atomic E-state index is 13.0. The number of amides is 1. The lowest BCUT2D eigenvalue weighted by molar-refractivity contribution is 0.0692. The fourth-order valence-corrected chi connectivity index (χ4v) is 2.75. The van der Waals surface area contributed by atoms with Crippen molar-refractivity contribution in [2.75, 3.05) is 0 Å². The van der Waals surface area contributed by atoms with Crippen LogP contribution in [-0.4, -0.2) is 21.9 Å². The largest absolute Gasteiger partial charge is 0.478 e. The van der Waals surface area contributed by atoms with E-state index in [2.05, 4.69) is 0 Å². The molecule has 0 saturated heterocycles. The Morgan fingerprint density at radius 2 is 1.08 bits per heavy atom. The molecule has 0 aliphatic heterocycles. The van der Waals surface area contributed by atoms with E-state index in [1.54, 1.807) is 17.0 Å². The van der Waals surface area contributed by atoms with Crippen LogP contribution < -0.4 is 0 Å². The average molecular weight is 345 g/mol. The number of rotatable bonds is 6. The second-order valence-electron chi connectivity index (χ2n) is 6.01. The number of nitrogens with zero attached hydrogens (tertiary/aromatic N) is 1. The number of hydrogen-bond acceptors (Lipinski definition) is 2. The van der Waals surface area contributed by atoms with Gasteiger partial charge in [-0.05, 0) is 35.4 Å². The first-order valence-electron chi connectivity index (χ1n) is 8.34. The smallest absolute Gasteiger partial charge is 0.335 e. The highest BCUT2D eigenvalue weighted by atomic mass is 16.4. The zero-order chi connectivity index (χ0) is 18.4. The Labute approximate surface area is 152 Å². The molecule has 0 atom stereocenters. The summed E-state index contributed by atoms with van der Waals surface area (Å²) in [5.41, 5.74) is 2.72. The van der Waals surface area contributed by atoms with E-state index in [9.17, 15) is 9.59 Å². The van der Waals surface area contributed by atoms with E-state index in [4.69, 9.17) is 5.11 Å². The average Bonchev–Trinajstić information content (AvgIpc) is 2.68. The zero-order valence-corrected chi connectivity index (χ0v) is 14.2. The van der Waals surface area contributed by atoms with Crippen molar-refractivity contribution in [3.05, 3.63) is 107 Å². The summed E-state index contributed by atoms with van der Waals surface area (Å²) < 4.78 is 0. The Morgan fingerprint density at radius 1 is 0.654 bits per heavy atom. The van der Waals surface area contributed by atoms with Gasteiger partial charge in [0.05, 0.1) is 5.56 Å². The molecule has 0 aliphatic rings. The van der Waals surface area contributed by atoms with Crippen molar-refractivity contribution in [2.24, 2.45) is 0 Å². The number of carbonyl (C=O) groups is 2. The van der Waals surface area contributed by atoms with Crippen molar-refractivity contribution in [1.82, 2.24) is 4.90 Å². The van der Waals surface area contributed by atoms with E-state index in [1.165, 1.54) is 12.1 Å². The lowest BCUT2D eigenvalue weighted by Gasteiger charge is -2.23. The molecule has 3 aromatic rings. The molecule has 0 heterocycles. The summed E-state index contributed by atoms with van der Waals surface area (Å²) in [5, 5.41) is 9.02. The summed E-state index contributed by atoms with van der Waals surface area (Å²) in [6, 6.07) is 25.7. The number of benzene rings is 3.